The third kappa shape index (κ3) is 3.25. The Morgan fingerprint density at radius 3 is 2.84 bits per heavy atom. The average molecular weight is 261 g/mol. The van der Waals surface area contributed by atoms with Crippen molar-refractivity contribution in [2.75, 3.05) is 17.2 Å². The highest BCUT2D eigenvalue weighted by Gasteiger charge is 2.22. The fourth-order valence-electron chi connectivity index (χ4n) is 2.29. The summed E-state index contributed by atoms with van der Waals surface area (Å²) >= 11 is 0. The second-order valence-electron chi connectivity index (χ2n) is 6.65. The molecule has 0 radical (unpaired) electrons. The first kappa shape index (κ1) is 13.8. The molecule has 2 rings (SSSR count). The number of fused-ring (bicyclic) bond motifs is 1. The molecule has 0 fully saturated rings. The van der Waals surface area contributed by atoms with Gasteiger partial charge in [0, 0.05) is 18.9 Å². The van der Waals surface area contributed by atoms with Gasteiger partial charge in [0.25, 0.3) is 0 Å². The monoisotopic (exact) mass is 261 g/mol. The first-order valence-corrected chi connectivity index (χ1v) is 6.81. The molecule has 104 valence electrons. The summed E-state index contributed by atoms with van der Waals surface area (Å²) in [4.78, 5) is 16.6. The van der Waals surface area contributed by atoms with Crippen molar-refractivity contribution in [2.24, 2.45) is 5.41 Å². The summed E-state index contributed by atoms with van der Waals surface area (Å²) in [5, 5.41) is 6.27. The van der Waals surface area contributed by atoms with Gasteiger partial charge in [-0.2, -0.15) is 0 Å². The van der Waals surface area contributed by atoms with E-state index >= 15 is 0 Å². The molecule has 4 heteroatoms. The molecule has 1 unspecified atom stereocenters. The summed E-state index contributed by atoms with van der Waals surface area (Å²) in [6.45, 7) is 11.2. The number of nitrogens with zero attached hydrogens (tertiary/aromatic N) is 1. The van der Waals surface area contributed by atoms with Gasteiger partial charge >= 0.3 is 0 Å². The van der Waals surface area contributed by atoms with Crippen LogP contribution in [0.15, 0.2) is 6.07 Å². The molecule has 0 spiro atoms. The van der Waals surface area contributed by atoms with Gasteiger partial charge in [-0.3, -0.25) is 4.79 Å². The summed E-state index contributed by atoms with van der Waals surface area (Å²) in [5.74, 6) is 1.12. The average Bonchev–Trinajstić information content (AvgIpc) is 2.58. The van der Waals surface area contributed by atoms with E-state index in [9.17, 15) is 4.79 Å². The normalized spacial score (nSPS) is 17.8. The smallest absolute Gasteiger partial charge is 0.226 e. The zero-order chi connectivity index (χ0) is 14.2. The SMILES string of the molecule is Cc1cc2c(nc1NC(=O)CC(C)(C)C)C(C)CN2. The van der Waals surface area contributed by atoms with Gasteiger partial charge in [0.2, 0.25) is 5.91 Å². The lowest BCUT2D eigenvalue weighted by Gasteiger charge is -2.18. The molecule has 0 saturated heterocycles. The Bertz CT molecular complexity index is 503. The highest BCUT2D eigenvalue weighted by molar-refractivity contribution is 5.91. The molecule has 1 aliphatic rings. The second kappa shape index (κ2) is 4.83. The summed E-state index contributed by atoms with van der Waals surface area (Å²) in [6.07, 6.45) is 0.499. The fourth-order valence-corrected chi connectivity index (χ4v) is 2.29. The van der Waals surface area contributed by atoms with Crippen LogP contribution in [0.25, 0.3) is 0 Å². The molecule has 19 heavy (non-hydrogen) atoms. The van der Waals surface area contributed by atoms with Crippen LogP contribution in [-0.2, 0) is 4.79 Å². The van der Waals surface area contributed by atoms with Crippen LogP contribution < -0.4 is 10.6 Å². The minimum absolute atomic E-state index is 0.0104. The highest BCUT2D eigenvalue weighted by Crippen LogP contribution is 2.32. The van der Waals surface area contributed by atoms with Crippen molar-refractivity contribution >= 4 is 17.4 Å². The Kier molecular flexibility index (Phi) is 3.52. The molecule has 1 atom stereocenters. The molecule has 0 saturated carbocycles. The largest absolute Gasteiger partial charge is 0.383 e. The Morgan fingerprint density at radius 1 is 1.53 bits per heavy atom. The van der Waals surface area contributed by atoms with E-state index in [1.54, 1.807) is 0 Å². The van der Waals surface area contributed by atoms with Crippen molar-refractivity contribution in [2.45, 2.75) is 47.0 Å². The van der Waals surface area contributed by atoms with Crippen LogP contribution >= 0.6 is 0 Å². The van der Waals surface area contributed by atoms with Gasteiger partial charge in [0.1, 0.15) is 5.82 Å². The van der Waals surface area contributed by atoms with Gasteiger partial charge in [-0.15, -0.1) is 0 Å². The second-order valence-corrected chi connectivity index (χ2v) is 6.65. The number of nitrogens with one attached hydrogen (secondary N) is 2. The van der Waals surface area contributed by atoms with Crippen LogP contribution in [0.5, 0.6) is 0 Å². The van der Waals surface area contributed by atoms with E-state index in [1.807, 2.05) is 6.92 Å². The maximum absolute atomic E-state index is 12.0. The van der Waals surface area contributed by atoms with E-state index in [4.69, 9.17) is 0 Å². The lowest BCUT2D eigenvalue weighted by molar-refractivity contribution is -0.117. The zero-order valence-corrected chi connectivity index (χ0v) is 12.4. The van der Waals surface area contributed by atoms with Gasteiger partial charge < -0.3 is 10.6 Å². The van der Waals surface area contributed by atoms with Crippen LogP contribution in [0.2, 0.25) is 0 Å². The van der Waals surface area contributed by atoms with E-state index in [2.05, 4.69) is 49.4 Å². The van der Waals surface area contributed by atoms with E-state index in [0.717, 1.165) is 23.5 Å². The molecule has 1 amide bonds. The van der Waals surface area contributed by atoms with Crippen molar-refractivity contribution < 1.29 is 4.79 Å². The Balaban J connectivity index is 2.17. The van der Waals surface area contributed by atoms with E-state index in [-0.39, 0.29) is 11.3 Å². The summed E-state index contributed by atoms with van der Waals surface area (Å²) in [6, 6.07) is 2.07. The van der Waals surface area contributed by atoms with Crippen molar-refractivity contribution in [1.82, 2.24) is 4.98 Å². The number of carbonyl (C=O) groups excluding carboxylic acids is 1. The number of hydrogen-bond acceptors (Lipinski definition) is 3. The number of anilines is 2. The summed E-state index contributed by atoms with van der Waals surface area (Å²) in [5.41, 5.74) is 3.14. The Morgan fingerprint density at radius 2 is 2.21 bits per heavy atom. The minimum atomic E-state index is -0.0104. The molecule has 0 aliphatic carbocycles. The minimum Gasteiger partial charge on any atom is -0.383 e. The summed E-state index contributed by atoms with van der Waals surface area (Å²) < 4.78 is 0. The van der Waals surface area contributed by atoms with E-state index in [0.29, 0.717) is 18.2 Å². The fraction of sp³-hybridized carbons (Fsp3) is 0.600. The number of aromatic nitrogens is 1. The van der Waals surface area contributed by atoms with Crippen molar-refractivity contribution in [3.05, 3.63) is 17.3 Å². The predicted molar refractivity (Wildman–Crippen MR) is 78.6 cm³/mol. The molecule has 1 aliphatic heterocycles. The molecule has 4 nitrogen and oxygen atoms in total. The first-order chi connectivity index (χ1) is 8.76. The zero-order valence-electron chi connectivity index (χ0n) is 12.4. The third-order valence-electron chi connectivity index (χ3n) is 3.26. The van der Waals surface area contributed by atoms with E-state index in [1.165, 1.54) is 0 Å². The number of aryl methyl sites for hydroxylation is 1. The van der Waals surface area contributed by atoms with Crippen molar-refractivity contribution in [3.63, 3.8) is 0 Å². The summed E-state index contributed by atoms with van der Waals surface area (Å²) in [7, 11) is 0. The van der Waals surface area contributed by atoms with Crippen molar-refractivity contribution in [3.8, 4) is 0 Å². The van der Waals surface area contributed by atoms with Gasteiger partial charge in [-0.1, -0.05) is 27.7 Å². The van der Waals surface area contributed by atoms with Gasteiger partial charge in [0.05, 0.1) is 11.4 Å². The van der Waals surface area contributed by atoms with Crippen LogP contribution in [-0.4, -0.2) is 17.4 Å². The van der Waals surface area contributed by atoms with Gasteiger partial charge in [-0.25, -0.2) is 4.98 Å². The van der Waals surface area contributed by atoms with Gasteiger partial charge in [-0.05, 0) is 24.0 Å². The van der Waals surface area contributed by atoms with Crippen molar-refractivity contribution in [1.29, 1.82) is 0 Å². The molecule has 2 heterocycles. The number of hydrogen-bond donors (Lipinski definition) is 2. The molecule has 0 bridgehead atoms. The van der Waals surface area contributed by atoms with Gasteiger partial charge in [0.15, 0.2) is 0 Å². The molecule has 1 aromatic rings. The molecule has 1 aromatic heterocycles. The standard InChI is InChI=1S/C15H23N3O/c1-9-6-11-13(10(2)8-16-11)18-14(9)17-12(19)7-15(3,4)5/h6,10,16H,7-8H2,1-5H3,(H,17,18,19). The van der Waals surface area contributed by atoms with Crippen LogP contribution in [0.4, 0.5) is 11.5 Å². The number of rotatable bonds is 2. The topological polar surface area (TPSA) is 54.0 Å². The molecular formula is C15H23N3O. The van der Waals surface area contributed by atoms with Crippen LogP contribution in [0.3, 0.4) is 0 Å². The lowest BCUT2D eigenvalue weighted by Crippen LogP contribution is -2.21. The third-order valence-corrected chi connectivity index (χ3v) is 3.26. The quantitative estimate of drug-likeness (QED) is 0.859. The number of pyridine rings is 1. The van der Waals surface area contributed by atoms with Crippen LogP contribution in [0, 0.1) is 12.3 Å². The Hall–Kier alpha value is -1.58. The van der Waals surface area contributed by atoms with Crippen LogP contribution in [0.1, 0.15) is 51.3 Å². The maximum Gasteiger partial charge on any atom is 0.226 e. The number of carbonyl (C=O) groups is 1. The Labute approximate surface area is 115 Å². The van der Waals surface area contributed by atoms with E-state index < -0.39 is 0 Å². The lowest BCUT2D eigenvalue weighted by atomic mass is 9.92. The molecule has 0 aromatic carbocycles. The highest BCUT2D eigenvalue weighted by atomic mass is 16.1. The molecular weight excluding hydrogens is 238 g/mol. The molecule has 2 N–H and O–H groups in total. The first-order valence-electron chi connectivity index (χ1n) is 6.81. The predicted octanol–water partition coefficient (Wildman–Crippen LogP) is 3.29. The number of amides is 1. The maximum atomic E-state index is 12.0.